The molecule has 1 atom stereocenters. The molecule has 2 heterocycles. The van der Waals surface area contributed by atoms with Crippen LogP contribution in [0.1, 0.15) is 29.4 Å². The minimum Gasteiger partial charge on any atom is -0.375 e. The van der Waals surface area contributed by atoms with E-state index >= 15 is 0 Å². The van der Waals surface area contributed by atoms with Crippen LogP contribution in [0.25, 0.3) is 0 Å². The Morgan fingerprint density at radius 3 is 2.73 bits per heavy atom. The molecule has 5 nitrogen and oxygen atoms in total. The van der Waals surface area contributed by atoms with Gasteiger partial charge in [0.05, 0.1) is 12.2 Å². The van der Waals surface area contributed by atoms with Gasteiger partial charge in [-0.25, -0.2) is 15.0 Å². The second-order valence-electron chi connectivity index (χ2n) is 4.65. The highest BCUT2D eigenvalue weighted by Crippen LogP contribution is 2.28. The average Bonchev–Trinajstić information content (AvgIpc) is 2.94. The predicted octanol–water partition coefficient (Wildman–Crippen LogP) is 3.30. The number of alkyl halides is 3. The Morgan fingerprint density at radius 1 is 1.36 bits per heavy atom. The molecule has 0 aliphatic carbocycles. The molecule has 0 bridgehead atoms. The van der Waals surface area contributed by atoms with Crippen molar-refractivity contribution in [3.63, 3.8) is 0 Å². The Labute approximate surface area is 129 Å². The maximum absolute atomic E-state index is 12.7. The van der Waals surface area contributed by atoms with Crippen LogP contribution in [0.2, 0.25) is 0 Å². The molecule has 120 valence electrons. The number of aromatic nitrogens is 3. The molecule has 9 heteroatoms. The Kier molecular flexibility index (Phi) is 4.97. The van der Waals surface area contributed by atoms with Crippen molar-refractivity contribution in [1.82, 2.24) is 15.0 Å². The van der Waals surface area contributed by atoms with Gasteiger partial charge in [-0.3, -0.25) is 0 Å². The Bertz CT molecular complexity index is 632. The number of hydrogen-bond donors (Lipinski definition) is 0. The van der Waals surface area contributed by atoms with Gasteiger partial charge < -0.3 is 9.64 Å². The molecule has 0 radical (unpaired) electrons. The van der Waals surface area contributed by atoms with Crippen LogP contribution in [0.4, 0.5) is 19.1 Å². The number of methoxy groups -OCH3 is 1. The largest absolute Gasteiger partial charge is 0.433 e. The molecule has 0 aromatic carbocycles. The first-order chi connectivity index (χ1) is 10.3. The van der Waals surface area contributed by atoms with E-state index in [4.69, 9.17) is 4.74 Å². The van der Waals surface area contributed by atoms with Gasteiger partial charge in [-0.15, -0.1) is 11.3 Å². The molecule has 2 rings (SSSR count). The lowest BCUT2D eigenvalue weighted by Gasteiger charge is -2.16. The van der Waals surface area contributed by atoms with E-state index in [0.29, 0.717) is 6.54 Å². The number of rotatable bonds is 5. The van der Waals surface area contributed by atoms with Crippen LogP contribution in [0.3, 0.4) is 0 Å². The summed E-state index contributed by atoms with van der Waals surface area (Å²) >= 11 is 1.44. The molecule has 0 amide bonds. The first-order valence-corrected chi connectivity index (χ1v) is 7.27. The molecule has 0 N–H and O–H groups in total. The quantitative estimate of drug-likeness (QED) is 0.841. The third-order valence-corrected chi connectivity index (χ3v) is 4.00. The van der Waals surface area contributed by atoms with Crippen LogP contribution < -0.4 is 4.90 Å². The molecule has 0 aliphatic rings. The highest BCUT2D eigenvalue weighted by Gasteiger charge is 2.33. The van der Waals surface area contributed by atoms with Gasteiger partial charge in [0.25, 0.3) is 0 Å². The van der Waals surface area contributed by atoms with Crippen LogP contribution >= 0.6 is 11.3 Å². The molecular formula is C13H15F3N4OS. The van der Waals surface area contributed by atoms with Crippen LogP contribution in [0.15, 0.2) is 17.6 Å². The van der Waals surface area contributed by atoms with Crippen molar-refractivity contribution in [3.05, 3.63) is 34.0 Å². The molecule has 0 aliphatic heterocycles. The standard InChI is InChI=1S/C13H15F3N4OS/c1-8(21-3)11-18-9(7-22-11)6-20(2)12-17-5-4-10(19-12)13(14,15)16/h4-5,7-8H,6H2,1-3H3. The minimum absolute atomic E-state index is 0.00386. The summed E-state index contributed by atoms with van der Waals surface area (Å²) in [4.78, 5) is 13.3. The second kappa shape index (κ2) is 6.57. The van der Waals surface area contributed by atoms with Gasteiger partial charge in [-0.2, -0.15) is 13.2 Å². The van der Waals surface area contributed by atoms with E-state index in [1.807, 2.05) is 12.3 Å². The van der Waals surface area contributed by atoms with Gasteiger partial charge in [0.15, 0.2) is 0 Å². The maximum Gasteiger partial charge on any atom is 0.433 e. The number of hydrogen-bond acceptors (Lipinski definition) is 6. The van der Waals surface area contributed by atoms with Crippen LogP contribution in [0.5, 0.6) is 0 Å². The fraction of sp³-hybridized carbons (Fsp3) is 0.462. The predicted molar refractivity (Wildman–Crippen MR) is 76.7 cm³/mol. The minimum atomic E-state index is -4.49. The molecule has 0 saturated carbocycles. The lowest BCUT2D eigenvalue weighted by Crippen LogP contribution is -2.21. The van der Waals surface area contributed by atoms with Gasteiger partial charge >= 0.3 is 6.18 Å². The van der Waals surface area contributed by atoms with E-state index in [2.05, 4.69) is 15.0 Å². The number of halogens is 3. The highest BCUT2D eigenvalue weighted by molar-refractivity contribution is 7.09. The van der Waals surface area contributed by atoms with Gasteiger partial charge in [-0.1, -0.05) is 0 Å². The van der Waals surface area contributed by atoms with Gasteiger partial charge in [-0.05, 0) is 13.0 Å². The molecule has 0 spiro atoms. The summed E-state index contributed by atoms with van der Waals surface area (Å²) in [6.45, 7) is 2.19. The molecular weight excluding hydrogens is 317 g/mol. The van der Waals surface area contributed by atoms with E-state index < -0.39 is 11.9 Å². The Balaban J connectivity index is 2.12. The topological polar surface area (TPSA) is 51.1 Å². The van der Waals surface area contributed by atoms with Crippen molar-refractivity contribution >= 4 is 17.3 Å². The zero-order chi connectivity index (χ0) is 16.3. The summed E-state index contributed by atoms with van der Waals surface area (Å²) in [7, 11) is 3.21. The van der Waals surface area contributed by atoms with E-state index in [0.717, 1.165) is 23.0 Å². The summed E-state index contributed by atoms with van der Waals surface area (Å²) in [6, 6.07) is 0.846. The van der Waals surface area contributed by atoms with Crippen LogP contribution in [-0.4, -0.2) is 29.1 Å². The Morgan fingerprint density at radius 2 is 2.09 bits per heavy atom. The van der Waals surface area contributed by atoms with E-state index in [1.54, 1.807) is 14.2 Å². The monoisotopic (exact) mass is 332 g/mol. The molecule has 0 fully saturated rings. The summed E-state index contributed by atoms with van der Waals surface area (Å²) < 4.78 is 43.1. The van der Waals surface area contributed by atoms with Gasteiger partial charge in [0, 0.05) is 25.7 Å². The van der Waals surface area contributed by atoms with Gasteiger partial charge in [0.1, 0.15) is 16.8 Å². The van der Waals surface area contributed by atoms with Crippen molar-refractivity contribution in [1.29, 1.82) is 0 Å². The molecule has 2 aromatic rings. The average molecular weight is 332 g/mol. The van der Waals surface area contributed by atoms with Crippen molar-refractivity contribution in [2.24, 2.45) is 0 Å². The fourth-order valence-electron chi connectivity index (χ4n) is 1.69. The summed E-state index contributed by atoms with van der Waals surface area (Å²) in [5.41, 5.74) is -0.233. The number of thiazole rings is 1. The summed E-state index contributed by atoms with van der Waals surface area (Å²) in [5, 5.41) is 2.66. The maximum atomic E-state index is 12.7. The fourth-order valence-corrected chi connectivity index (χ4v) is 2.53. The lowest BCUT2D eigenvalue weighted by molar-refractivity contribution is -0.141. The van der Waals surface area contributed by atoms with Crippen molar-refractivity contribution in [3.8, 4) is 0 Å². The Hall–Kier alpha value is -1.74. The smallest absolute Gasteiger partial charge is 0.375 e. The number of ether oxygens (including phenoxy) is 1. The highest BCUT2D eigenvalue weighted by atomic mass is 32.1. The van der Waals surface area contributed by atoms with Gasteiger partial charge in [0.2, 0.25) is 5.95 Å². The zero-order valence-corrected chi connectivity index (χ0v) is 13.1. The van der Waals surface area contributed by atoms with Crippen LogP contribution in [0, 0.1) is 0 Å². The third kappa shape index (κ3) is 3.92. The summed E-state index contributed by atoms with van der Waals surface area (Å²) in [5.74, 6) is 0.00386. The molecule has 1 unspecified atom stereocenters. The second-order valence-corrected chi connectivity index (χ2v) is 5.54. The van der Waals surface area contributed by atoms with E-state index in [1.165, 1.54) is 16.2 Å². The first kappa shape index (κ1) is 16.6. The number of anilines is 1. The van der Waals surface area contributed by atoms with Crippen LogP contribution in [-0.2, 0) is 17.5 Å². The molecule has 22 heavy (non-hydrogen) atoms. The van der Waals surface area contributed by atoms with Crippen molar-refractivity contribution < 1.29 is 17.9 Å². The van der Waals surface area contributed by atoms with E-state index in [-0.39, 0.29) is 12.1 Å². The van der Waals surface area contributed by atoms with Crippen molar-refractivity contribution in [2.75, 3.05) is 19.1 Å². The SMILES string of the molecule is COC(C)c1nc(CN(C)c2nccc(C(F)(F)F)n2)cs1. The lowest BCUT2D eigenvalue weighted by atomic mass is 10.4. The normalized spacial score (nSPS) is 13.2. The summed E-state index contributed by atoms with van der Waals surface area (Å²) in [6.07, 6.45) is -3.50. The first-order valence-electron chi connectivity index (χ1n) is 6.39. The zero-order valence-electron chi connectivity index (χ0n) is 12.3. The van der Waals surface area contributed by atoms with E-state index in [9.17, 15) is 13.2 Å². The third-order valence-electron chi connectivity index (χ3n) is 2.94. The molecule has 0 saturated heterocycles. The molecule has 2 aromatic heterocycles. The number of nitrogens with zero attached hydrogens (tertiary/aromatic N) is 4. The van der Waals surface area contributed by atoms with Crippen molar-refractivity contribution in [2.45, 2.75) is 25.7 Å².